The molecule has 108 valence electrons. The van der Waals surface area contributed by atoms with E-state index in [1.165, 1.54) is 4.57 Å². The number of hydrogen-bond acceptors (Lipinski definition) is 4. The lowest BCUT2D eigenvalue weighted by Gasteiger charge is -2.19. The molecule has 1 aromatic heterocycles. The molecule has 0 fully saturated rings. The number of benzene rings is 2. The third-order valence-electron chi connectivity index (χ3n) is 3.46. The second-order valence-electron chi connectivity index (χ2n) is 4.79. The summed E-state index contributed by atoms with van der Waals surface area (Å²) in [5.41, 5.74) is 2.03. The first-order valence-electron chi connectivity index (χ1n) is 6.46. The molecule has 0 saturated heterocycles. The highest BCUT2D eigenvalue weighted by molar-refractivity contribution is 7.85. The zero-order valence-electron chi connectivity index (χ0n) is 11.3. The summed E-state index contributed by atoms with van der Waals surface area (Å²) in [7, 11) is -4.65. The predicted octanol–water partition coefficient (Wildman–Crippen LogP) is 2.55. The van der Waals surface area contributed by atoms with Crippen LogP contribution in [0, 0.1) is 0 Å². The minimum atomic E-state index is -4.65. The highest BCUT2D eigenvalue weighted by Crippen LogP contribution is 2.27. The topological polar surface area (TPSA) is 75.0 Å². The molecular formula is C15H13N2O3S-. The molecule has 3 rings (SSSR count). The van der Waals surface area contributed by atoms with Gasteiger partial charge in [-0.2, -0.15) is 0 Å². The maximum Gasteiger partial charge on any atom is 0.216 e. The fourth-order valence-corrected chi connectivity index (χ4v) is 3.16. The van der Waals surface area contributed by atoms with Crippen molar-refractivity contribution in [1.29, 1.82) is 0 Å². The third-order valence-corrected chi connectivity index (χ3v) is 4.19. The van der Waals surface area contributed by atoms with Gasteiger partial charge in [-0.05, 0) is 24.6 Å². The van der Waals surface area contributed by atoms with E-state index in [1.807, 2.05) is 37.3 Å². The highest BCUT2D eigenvalue weighted by Gasteiger charge is 2.20. The Morgan fingerprint density at radius 1 is 1.05 bits per heavy atom. The number of aromatic nitrogens is 2. The number of rotatable bonds is 3. The van der Waals surface area contributed by atoms with Crippen molar-refractivity contribution in [2.24, 2.45) is 0 Å². The lowest BCUT2D eigenvalue weighted by molar-refractivity contribution is 0.442. The van der Waals surface area contributed by atoms with E-state index in [2.05, 4.69) is 4.98 Å². The smallest absolute Gasteiger partial charge is 0.216 e. The van der Waals surface area contributed by atoms with Crippen molar-refractivity contribution in [3.63, 3.8) is 0 Å². The molecule has 5 nitrogen and oxygen atoms in total. The van der Waals surface area contributed by atoms with E-state index in [0.717, 1.165) is 5.56 Å². The molecule has 0 saturated carbocycles. The zero-order chi connectivity index (χ0) is 15.0. The van der Waals surface area contributed by atoms with Gasteiger partial charge in [-0.3, -0.25) is 0 Å². The quantitative estimate of drug-likeness (QED) is 0.697. The molecule has 0 radical (unpaired) electrons. The highest BCUT2D eigenvalue weighted by atomic mass is 32.2. The molecule has 0 bridgehead atoms. The van der Waals surface area contributed by atoms with Crippen molar-refractivity contribution in [2.75, 3.05) is 0 Å². The fraction of sp³-hybridized carbons (Fsp3) is 0.133. The molecule has 0 spiro atoms. The van der Waals surface area contributed by atoms with Crippen LogP contribution in [0.2, 0.25) is 0 Å². The Hall–Kier alpha value is -2.18. The Morgan fingerprint density at radius 3 is 2.33 bits per heavy atom. The summed E-state index contributed by atoms with van der Waals surface area (Å²) in [5.74, 6) is 0. The number of nitrogens with zero attached hydrogens (tertiary/aromatic N) is 2. The van der Waals surface area contributed by atoms with Crippen LogP contribution < -0.4 is 0 Å². The van der Waals surface area contributed by atoms with Crippen LogP contribution in [-0.2, 0) is 10.1 Å². The van der Waals surface area contributed by atoms with Crippen LogP contribution >= 0.6 is 0 Å². The number of fused-ring (bicyclic) bond motifs is 1. The molecule has 2 aromatic carbocycles. The van der Waals surface area contributed by atoms with E-state index in [0.29, 0.717) is 11.0 Å². The van der Waals surface area contributed by atoms with Crippen LogP contribution in [0.4, 0.5) is 0 Å². The maximum atomic E-state index is 11.5. The SMILES string of the molecule is CC(c1ccccc1)n1c(S(=O)(=O)[O-])nc2ccccc21. The van der Waals surface area contributed by atoms with Crippen LogP contribution in [0.15, 0.2) is 59.8 Å². The van der Waals surface area contributed by atoms with Crippen molar-refractivity contribution in [2.45, 2.75) is 18.1 Å². The standard InChI is InChI=1S/C15H14N2O3S/c1-11(12-7-3-2-4-8-12)17-14-10-6-5-9-13(14)16-15(17)21(18,19)20/h2-11H,1H3,(H,18,19,20)/p-1. The van der Waals surface area contributed by atoms with Gasteiger partial charge >= 0.3 is 0 Å². The molecule has 1 atom stereocenters. The summed E-state index contributed by atoms with van der Waals surface area (Å²) >= 11 is 0. The number of imidazole rings is 1. The average Bonchev–Trinajstić information content (AvgIpc) is 2.87. The van der Waals surface area contributed by atoms with E-state index >= 15 is 0 Å². The van der Waals surface area contributed by atoms with E-state index in [1.54, 1.807) is 24.3 Å². The van der Waals surface area contributed by atoms with Gasteiger partial charge in [0.25, 0.3) is 0 Å². The monoisotopic (exact) mass is 301 g/mol. The van der Waals surface area contributed by atoms with Crippen molar-refractivity contribution in [1.82, 2.24) is 9.55 Å². The molecule has 0 aliphatic heterocycles. The van der Waals surface area contributed by atoms with Gasteiger partial charge in [-0.15, -0.1) is 0 Å². The summed E-state index contributed by atoms with van der Waals surface area (Å²) < 4.78 is 36.0. The van der Waals surface area contributed by atoms with Crippen LogP contribution in [-0.4, -0.2) is 22.5 Å². The first-order valence-corrected chi connectivity index (χ1v) is 7.87. The van der Waals surface area contributed by atoms with Crippen LogP contribution in [0.3, 0.4) is 0 Å². The van der Waals surface area contributed by atoms with Gasteiger partial charge < -0.3 is 9.12 Å². The summed E-state index contributed by atoms with van der Waals surface area (Å²) in [5, 5.41) is -0.444. The van der Waals surface area contributed by atoms with Crippen molar-refractivity contribution in [3.05, 3.63) is 60.2 Å². The average molecular weight is 301 g/mol. The van der Waals surface area contributed by atoms with Crippen molar-refractivity contribution >= 4 is 21.2 Å². The second-order valence-corrected chi connectivity index (χ2v) is 6.07. The molecule has 0 aliphatic rings. The minimum absolute atomic E-state index is 0.308. The van der Waals surface area contributed by atoms with Gasteiger partial charge in [-0.25, -0.2) is 13.4 Å². The Morgan fingerprint density at radius 2 is 1.67 bits per heavy atom. The summed E-state index contributed by atoms with van der Waals surface area (Å²) in [6.45, 7) is 1.85. The van der Waals surface area contributed by atoms with Crippen molar-refractivity contribution in [3.8, 4) is 0 Å². The lowest BCUT2D eigenvalue weighted by atomic mass is 10.1. The Bertz CT molecular complexity index is 886. The molecule has 6 heteroatoms. The van der Waals surface area contributed by atoms with Gasteiger partial charge in [0.2, 0.25) is 5.16 Å². The van der Waals surface area contributed by atoms with Gasteiger partial charge in [0.1, 0.15) is 0 Å². The van der Waals surface area contributed by atoms with Gasteiger partial charge in [0.05, 0.1) is 17.1 Å². The Balaban J connectivity index is 2.30. The minimum Gasteiger partial charge on any atom is -0.742 e. The normalized spacial score (nSPS) is 13.4. The maximum absolute atomic E-state index is 11.5. The van der Waals surface area contributed by atoms with Crippen molar-refractivity contribution < 1.29 is 13.0 Å². The third kappa shape index (κ3) is 2.43. The summed E-state index contributed by atoms with van der Waals surface area (Å²) in [6.07, 6.45) is 0. The van der Waals surface area contributed by atoms with E-state index in [4.69, 9.17) is 0 Å². The fourth-order valence-electron chi connectivity index (χ4n) is 2.45. The summed E-state index contributed by atoms with van der Waals surface area (Å²) in [4.78, 5) is 3.99. The number of hydrogen-bond donors (Lipinski definition) is 0. The molecular weight excluding hydrogens is 288 g/mol. The van der Waals surface area contributed by atoms with Crippen LogP contribution in [0.25, 0.3) is 11.0 Å². The van der Waals surface area contributed by atoms with Crippen LogP contribution in [0.1, 0.15) is 18.5 Å². The zero-order valence-corrected chi connectivity index (χ0v) is 12.1. The molecule has 0 aliphatic carbocycles. The first kappa shape index (κ1) is 13.8. The number of para-hydroxylation sites is 2. The van der Waals surface area contributed by atoms with Crippen LogP contribution in [0.5, 0.6) is 0 Å². The summed E-state index contributed by atoms with van der Waals surface area (Å²) in [6, 6.07) is 16.1. The van der Waals surface area contributed by atoms with E-state index in [9.17, 15) is 13.0 Å². The van der Waals surface area contributed by atoms with E-state index in [-0.39, 0.29) is 6.04 Å². The molecule has 1 unspecified atom stereocenters. The molecule has 0 N–H and O–H groups in total. The molecule has 21 heavy (non-hydrogen) atoms. The lowest BCUT2D eigenvalue weighted by Crippen LogP contribution is -2.14. The van der Waals surface area contributed by atoms with Gasteiger partial charge in [0, 0.05) is 0 Å². The van der Waals surface area contributed by atoms with Gasteiger partial charge in [-0.1, -0.05) is 42.5 Å². The molecule has 1 heterocycles. The molecule has 0 amide bonds. The Labute approximate surface area is 122 Å². The predicted molar refractivity (Wildman–Crippen MR) is 78.0 cm³/mol. The van der Waals surface area contributed by atoms with Gasteiger partial charge in [0.15, 0.2) is 10.1 Å². The first-order chi connectivity index (χ1) is 9.98. The Kier molecular flexibility index (Phi) is 3.27. The second kappa shape index (κ2) is 4.98. The molecule has 3 aromatic rings. The van der Waals surface area contributed by atoms with E-state index < -0.39 is 15.3 Å². The largest absolute Gasteiger partial charge is 0.742 e.